The van der Waals surface area contributed by atoms with E-state index in [0.29, 0.717) is 24.6 Å². The number of likely N-dealkylation sites (tertiary alicyclic amines) is 1. The lowest BCUT2D eigenvalue weighted by molar-refractivity contribution is -0.121. The van der Waals surface area contributed by atoms with Gasteiger partial charge in [-0.05, 0) is 30.9 Å². The Hall–Kier alpha value is -3.22. The van der Waals surface area contributed by atoms with Gasteiger partial charge in [0.25, 0.3) is 5.91 Å². The molecule has 2 aliphatic rings. The van der Waals surface area contributed by atoms with Crippen LogP contribution in [0, 0.1) is 0 Å². The Morgan fingerprint density at radius 3 is 2.68 bits per heavy atom. The quantitative estimate of drug-likeness (QED) is 0.743. The summed E-state index contributed by atoms with van der Waals surface area (Å²) in [5, 5.41) is 3.23. The first-order valence-corrected chi connectivity index (χ1v) is 9.60. The maximum Gasteiger partial charge on any atom is 0.274 e. The lowest BCUT2D eigenvalue weighted by Gasteiger charge is -2.39. The first-order valence-electron chi connectivity index (χ1n) is 9.60. The summed E-state index contributed by atoms with van der Waals surface area (Å²) < 4.78 is 1.75. The zero-order valence-electron chi connectivity index (χ0n) is 15.4. The summed E-state index contributed by atoms with van der Waals surface area (Å²) in [6.07, 6.45) is 7.52. The van der Waals surface area contributed by atoms with Gasteiger partial charge >= 0.3 is 0 Å². The van der Waals surface area contributed by atoms with E-state index in [4.69, 9.17) is 0 Å². The summed E-state index contributed by atoms with van der Waals surface area (Å²) in [5.74, 6) is 0.433. The van der Waals surface area contributed by atoms with Crippen LogP contribution in [0.3, 0.4) is 0 Å². The Balaban J connectivity index is 1.28. The minimum Gasteiger partial charge on any atom is -0.350 e. The number of nitrogens with zero attached hydrogens (tertiary/aromatic N) is 4. The number of imidazole rings is 1. The second-order valence-electron chi connectivity index (χ2n) is 7.68. The van der Waals surface area contributed by atoms with Crippen molar-refractivity contribution in [2.45, 2.75) is 30.7 Å². The Kier molecular flexibility index (Phi) is 3.89. The van der Waals surface area contributed by atoms with Gasteiger partial charge in [-0.25, -0.2) is 9.97 Å². The van der Waals surface area contributed by atoms with Gasteiger partial charge in [-0.3, -0.25) is 14.0 Å². The largest absolute Gasteiger partial charge is 0.350 e. The topological polar surface area (TPSA) is 79.6 Å². The molecule has 2 amide bonds. The molecule has 2 saturated heterocycles. The number of rotatable bonds is 2. The molecule has 0 saturated carbocycles. The van der Waals surface area contributed by atoms with Crippen LogP contribution in [0.1, 0.15) is 41.2 Å². The van der Waals surface area contributed by atoms with E-state index in [2.05, 4.69) is 15.3 Å². The van der Waals surface area contributed by atoms with Crippen molar-refractivity contribution in [3.8, 4) is 0 Å². The van der Waals surface area contributed by atoms with Crippen LogP contribution < -0.4 is 5.32 Å². The number of carbonyl (C=O) groups excluding carboxylic acids is 2. The van der Waals surface area contributed by atoms with Crippen molar-refractivity contribution in [3.63, 3.8) is 0 Å². The molecule has 1 atom stereocenters. The molecule has 7 nitrogen and oxygen atoms in total. The summed E-state index contributed by atoms with van der Waals surface area (Å²) >= 11 is 0. The van der Waals surface area contributed by atoms with Crippen LogP contribution in [0.15, 0.2) is 55.0 Å². The summed E-state index contributed by atoms with van der Waals surface area (Å²) in [4.78, 5) is 35.8. The van der Waals surface area contributed by atoms with Crippen molar-refractivity contribution < 1.29 is 9.59 Å². The molecule has 142 valence electrons. The lowest BCUT2D eigenvalue weighted by Crippen LogP contribution is -2.52. The van der Waals surface area contributed by atoms with Gasteiger partial charge in [0.15, 0.2) is 0 Å². The van der Waals surface area contributed by atoms with Crippen molar-refractivity contribution in [2.24, 2.45) is 0 Å². The average Bonchev–Trinajstić information content (AvgIpc) is 3.30. The van der Waals surface area contributed by atoms with E-state index < -0.39 is 0 Å². The summed E-state index contributed by atoms with van der Waals surface area (Å²) in [7, 11) is 0. The Morgan fingerprint density at radius 2 is 1.93 bits per heavy atom. The van der Waals surface area contributed by atoms with E-state index in [1.165, 1.54) is 0 Å². The Labute approximate surface area is 162 Å². The highest BCUT2D eigenvalue weighted by molar-refractivity contribution is 5.93. The van der Waals surface area contributed by atoms with Crippen LogP contribution in [-0.2, 0) is 4.79 Å². The zero-order valence-corrected chi connectivity index (χ0v) is 15.4. The van der Waals surface area contributed by atoms with Crippen LogP contribution in [0.5, 0.6) is 0 Å². The summed E-state index contributed by atoms with van der Waals surface area (Å²) in [6.45, 7) is 1.23. The van der Waals surface area contributed by atoms with Gasteiger partial charge in [-0.2, -0.15) is 0 Å². The van der Waals surface area contributed by atoms with Crippen LogP contribution in [0.25, 0.3) is 5.78 Å². The standard InChI is InChI=1S/C21H21N5O2/c27-18-16(15-5-2-1-3-6-15)13-21(24-18)7-11-25(12-8-21)19(28)17-14-26-10-4-9-22-20(26)23-17/h1-6,9-10,14,16H,7-8,11-13H2,(H,24,27)/t16-/m0/s1. The molecular weight excluding hydrogens is 354 g/mol. The highest BCUT2D eigenvalue weighted by Gasteiger charge is 2.46. The maximum absolute atomic E-state index is 12.9. The van der Waals surface area contributed by atoms with E-state index >= 15 is 0 Å². The van der Waals surface area contributed by atoms with Gasteiger partial charge < -0.3 is 10.2 Å². The molecule has 2 aromatic heterocycles. The number of hydrogen-bond donors (Lipinski definition) is 1. The lowest BCUT2D eigenvalue weighted by atomic mass is 9.82. The second kappa shape index (κ2) is 6.44. The van der Waals surface area contributed by atoms with Crippen LogP contribution in [0.2, 0.25) is 0 Å². The van der Waals surface area contributed by atoms with Crippen LogP contribution in [0.4, 0.5) is 0 Å². The van der Waals surface area contributed by atoms with Gasteiger partial charge in [0.1, 0.15) is 5.69 Å². The molecule has 1 spiro atoms. The highest BCUT2D eigenvalue weighted by atomic mass is 16.2. The van der Waals surface area contributed by atoms with Gasteiger partial charge in [0.05, 0.1) is 5.92 Å². The molecule has 0 unspecified atom stereocenters. The smallest absolute Gasteiger partial charge is 0.274 e. The number of benzene rings is 1. The Bertz CT molecular complexity index is 1000. The van der Waals surface area contributed by atoms with Gasteiger partial charge in [0.2, 0.25) is 11.7 Å². The first-order chi connectivity index (χ1) is 13.6. The molecule has 28 heavy (non-hydrogen) atoms. The number of fused-ring (bicyclic) bond motifs is 1. The number of carbonyl (C=O) groups is 2. The number of aromatic nitrogens is 3. The fraction of sp³-hybridized carbons (Fsp3) is 0.333. The number of hydrogen-bond acceptors (Lipinski definition) is 4. The third-order valence-corrected chi connectivity index (χ3v) is 5.96. The maximum atomic E-state index is 12.9. The Morgan fingerprint density at radius 1 is 1.14 bits per heavy atom. The predicted octanol–water partition coefficient (Wildman–Crippen LogP) is 2.01. The molecule has 1 aromatic carbocycles. The molecule has 7 heteroatoms. The molecule has 5 rings (SSSR count). The highest BCUT2D eigenvalue weighted by Crippen LogP contribution is 2.39. The van der Waals surface area contributed by atoms with E-state index in [1.807, 2.05) is 41.4 Å². The second-order valence-corrected chi connectivity index (χ2v) is 7.68. The minimum atomic E-state index is -0.213. The third-order valence-electron chi connectivity index (χ3n) is 5.96. The number of piperidine rings is 1. The van der Waals surface area contributed by atoms with Crippen molar-refractivity contribution in [1.29, 1.82) is 0 Å². The van der Waals surface area contributed by atoms with E-state index in [-0.39, 0.29) is 23.3 Å². The molecule has 2 fully saturated rings. The van der Waals surface area contributed by atoms with Crippen molar-refractivity contribution >= 4 is 17.6 Å². The SMILES string of the molecule is O=C1NC2(CCN(C(=O)c3cn4cccnc4n3)CC2)C[C@H]1c1ccccc1. The third kappa shape index (κ3) is 2.83. The van der Waals surface area contributed by atoms with Crippen LogP contribution >= 0.6 is 0 Å². The molecule has 0 aliphatic carbocycles. The fourth-order valence-electron chi connectivity index (χ4n) is 4.40. The van der Waals surface area contributed by atoms with Crippen molar-refractivity contribution in [1.82, 2.24) is 24.6 Å². The molecule has 0 bridgehead atoms. The minimum absolute atomic E-state index is 0.0794. The zero-order chi connectivity index (χ0) is 19.1. The normalized spacial score (nSPS) is 21.2. The predicted molar refractivity (Wildman–Crippen MR) is 103 cm³/mol. The first kappa shape index (κ1) is 16.9. The molecule has 3 aromatic rings. The molecule has 1 N–H and O–H groups in total. The molecule has 0 radical (unpaired) electrons. The molecular formula is C21H21N5O2. The van der Waals surface area contributed by atoms with E-state index in [0.717, 1.165) is 24.8 Å². The number of nitrogens with one attached hydrogen (secondary N) is 1. The summed E-state index contributed by atoms with van der Waals surface area (Å²) in [5.41, 5.74) is 1.26. The molecule has 2 aliphatic heterocycles. The average molecular weight is 375 g/mol. The summed E-state index contributed by atoms with van der Waals surface area (Å²) in [6, 6.07) is 11.7. The van der Waals surface area contributed by atoms with Crippen molar-refractivity contribution in [3.05, 3.63) is 66.2 Å². The van der Waals surface area contributed by atoms with Gasteiger partial charge in [0, 0.05) is 37.2 Å². The van der Waals surface area contributed by atoms with Gasteiger partial charge in [-0.1, -0.05) is 30.3 Å². The van der Waals surface area contributed by atoms with E-state index in [1.54, 1.807) is 22.9 Å². The van der Waals surface area contributed by atoms with Crippen molar-refractivity contribution in [2.75, 3.05) is 13.1 Å². The fourth-order valence-corrected chi connectivity index (χ4v) is 4.40. The van der Waals surface area contributed by atoms with Gasteiger partial charge in [-0.15, -0.1) is 0 Å². The number of amides is 2. The molecule has 4 heterocycles. The van der Waals surface area contributed by atoms with Crippen LogP contribution in [-0.4, -0.2) is 49.7 Å². The van der Waals surface area contributed by atoms with E-state index in [9.17, 15) is 9.59 Å². The monoisotopic (exact) mass is 375 g/mol.